The van der Waals surface area contributed by atoms with Crippen LogP contribution in [-0.4, -0.2) is 26.4 Å². The number of sulfonamides is 1. The average molecular weight is 432 g/mol. The first-order valence-corrected chi connectivity index (χ1v) is 11.0. The zero-order chi connectivity index (χ0) is 21.2. The molecule has 1 amide bonds. The van der Waals surface area contributed by atoms with Gasteiger partial charge >= 0.3 is 0 Å². The maximum atomic E-state index is 12.7. The van der Waals surface area contributed by atoms with Gasteiger partial charge in [0.2, 0.25) is 0 Å². The Morgan fingerprint density at radius 2 is 1.83 bits per heavy atom. The summed E-state index contributed by atoms with van der Waals surface area (Å²) in [7, 11) is -2.30. The third-order valence-electron chi connectivity index (χ3n) is 4.20. The van der Waals surface area contributed by atoms with Gasteiger partial charge < -0.3 is 10.1 Å². The highest BCUT2D eigenvalue weighted by Crippen LogP contribution is 2.29. The van der Waals surface area contributed by atoms with E-state index in [0.29, 0.717) is 27.6 Å². The number of carbonyl (C=O) groups excluding carboxylic acids is 1. The number of aryl methyl sites for hydroxylation is 3. The standard InChI is InChI=1S/C20H21N3O4S2/c1-12-9-10-17(13(2)11-12)29(25,26)23-20-21-14(3)18(28-20)19(24)22-15-7-5-6-8-16(15)27-4/h5-11H,1-4H3,(H,21,23)(H,22,24). The molecule has 0 saturated carbocycles. The Morgan fingerprint density at radius 1 is 1.10 bits per heavy atom. The molecule has 0 aliphatic carbocycles. The molecule has 0 radical (unpaired) electrons. The first-order valence-electron chi connectivity index (χ1n) is 8.73. The Bertz CT molecular complexity index is 1170. The minimum absolute atomic E-state index is 0.132. The maximum Gasteiger partial charge on any atom is 0.267 e. The lowest BCUT2D eigenvalue weighted by atomic mass is 10.2. The van der Waals surface area contributed by atoms with Crippen molar-refractivity contribution in [3.8, 4) is 5.75 Å². The van der Waals surface area contributed by atoms with Crippen molar-refractivity contribution in [2.45, 2.75) is 25.7 Å². The van der Waals surface area contributed by atoms with Crippen molar-refractivity contribution in [1.29, 1.82) is 0 Å². The Labute approximate surface area is 173 Å². The SMILES string of the molecule is COc1ccccc1NC(=O)c1sc(NS(=O)(=O)c2ccc(C)cc2C)nc1C. The number of methoxy groups -OCH3 is 1. The molecule has 0 bridgehead atoms. The molecule has 0 aliphatic rings. The Morgan fingerprint density at radius 3 is 2.52 bits per heavy atom. The summed E-state index contributed by atoms with van der Waals surface area (Å²) < 4.78 is 33.2. The number of benzene rings is 2. The molecular weight excluding hydrogens is 410 g/mol. The fraction of sp³-hybridized carbons (Fsp3) is 0.200. The van der Waals surface area contributed by atoms with Crippen molar-refractivity contribution in [2.75, 3.05) is 17.1 Å². The normalized spacial score (nSPS) is 11.2. The van der Waals surface area contributed by atoms with E-state index in [4.69, 9.17) is 4.74 Å². The van der Waals surface area contributed by atoms with Crippen molar-refractivity contribution in [3.05, 3.63) is 64.2 Å². The van der Waals surface area contributed by atoms with Crippen LogP contribution in [0.2, 0.25) is 0 Å². The summed E-state index contributed by atoms with van der Waals surface area (Å²) in [5, 5.41) is 2.90. The Balaban J connectivity index is 1.83. The molecule has 0 saturated heterocycles. The first kappa shape index (κ1) is 20.8. The quantitative estimate of drug-likeness (QED) is 0.612. The van der Waals surface area contributed by atoms with Gasteiger partial charge in [0.05, 0.1) is 23.4 Å². The van der Waals surface area contributed by atoms with Crippen LogP contribution >= 0.6 is 11.3 Å². The lowest BCUT2D eigenvalue weighted by molar-refractivity contribution is 0.102. The van der Waals surface area contributed by atoms with E-state index in [-0.39, 0.29) is 15.9 Å². The van der Waals surface area contributed by atoms with Crippen molar-refractivity contribution in [2.24, 2.45) is 0 Å². The molecule has 0 fully saturated rings. The zero-order valence-corrected chi connectivity index (χ0v) is 18.1. The van der Waals surface area contributed by atoms with Gasteiger partial charge in [0.1, 0.15) is 10.6 Å². The smallest absolute Gasteiger partial charge is 0.267 e. The van der Waals surface area contributed by atoms with Crippen LogP contribution in [0.5, 0.6) is 5.75 Å². The third-order valence-corrected chi connectivity index (χ3v) is 6.90. The van der Waals surface area contributed by atoms with Crippen LogP contribution in [0.15, 0.2) is 47.4 Å². The fourth-order valence-electron chi connectivity index (χ4n) is 2.85. The number of anilines is 2. The highest BCUT2D eigenvalue weighted by Gasteiger charge is 2.22. The van der Waals surface area contributed by atoms with Crippen molar-refractivity contribution in [1.82, 2.24) is 4.98 Å². The van der Waals surface area contributed by atoms with E-state index in [2.05, 4.69) is 15.0 Å². The average Bonchev–Trinajstić information content (AvgIpc) is 3.01. The van der Waals surface area contributed by atoms with E-state index in [1.54, 1.807) is 56.3 Å². The number of aromatic nitrogens is 1. The van der Waals surface area contributed by atoms with Gasteiger partial charge in [0, 0.05) is 0 Å². The van der Waals surface area contributed by atoms with Gasteiger partial charge in [-0.25, -0.2) is 13.4 Å². The molecule has 152 valence electrons. The molecule has 0 spiro atoms. The summed E-state index contributed by atoms with van der Waals surface area (Å²) in [6.07, 6.45) is 0. The summed E-state index contributed by atoms with van der Waals surface area (Å²) in [5.41, 5.74) is 2.56. The molecule has 1 aromatic heterocycles. The fourth-order valence-corrected chi connectivity index (χ4v) is 5.17. The summed E-state index contributed by atoms with van der Waals surface area (Å²) >= 11 is 0.977. The molecule has 0 aliphatic heterocycles. The highest BCUT2D eigenvalue weighted by molar-refractivity contribution is 7.93. The van der Waals surface area contributed by atoms with Crippen LogP contribution in [-0.2, 0) is 10.0 Å². The third kappa shape index (κ3) is 4.57. The Hall–Kier alpha value is -2.91. The highest BCUT2D eigenvalue weighted by atomic mass is 32.2. The van der Waals surface area contributed by atoms with Crippen LogP contribution in [0, 0.1) is 20.8 Å². The number of nitrogens with zero attached hydrogens (tertiary/aromatic N) is 1. The lowest BCUT2D eigenvalue weighted by Gasteiger charge is -2.09. The van der Waals surface area contributed by atoms with Gasteiger partial charge in [0.25, 0.3) is 15.9 Å². The van der Waals surface area contributed by atoms with Crippen LogP contribution in [0.4, 0.5) is 10.8 Å². The van der Waals surface area contributed by atoms with Gasteiger partial charge in [-0.15, -0.1) is 0 Å². The van der Waals surface area contributed by atoms with Crippen LogP contribution in [0.25, 0.3) is 0 Å². The number of para-hydroxylation sites is 2. The minimum atomic E-state index is -3.81. The molecule has 2 aromatic carbocycles. The van der Waals surface area contributed by atoms with Gasteiger partial charge in [-0.1, -0.05) is 41.2 Å². The lowest BCUT2D eigenvalue weighted by Crippen LogP contribution is -2.14. The first-order chi connectivity index (χ1) is 13.7. The van der Waals surface area contributed by atoms with Gasteiger partial charge in [-0.3, -0.25) is 9.52 Å². The summed E-state index contributed by atoms with van der Waals surface area (Å²) in [4.78, 5) is 17.4. The predicted molar refractivity (Wildman–Crippen MR) is 115 cm³/mol. The number of hydrogen-bond acceptors (Lipinski definition) is 6. The molecule has 2 N–H and O–H groups in total. The summed E-state index contributed by atoms with van der Waals surface area (Å²) in [5.74, 6) is 0.139. The van der Waals surface area contributed by atoms with Crippen LogP contribution < -0.4 is 14.8 Å². The van der Waals surface area contributed by atoms with E-state index >= 15 is 0 Å². The molecular formula is C20H21N3O4S2. The maximum absolute atomic E-state index is 12.7. The second-order valence-corrected chi connectivity index (χ2v) is 9.11. The minimum Gasteiger partial charge on any atom is -0.495 e. The number of hydrogen-bond donors (Lipinski definition) is 2. The topological polar surface area (TPSA) is 97.4 Å². The molecule has 3 aromatic rings. The van der Waals surface area contributed by atoms with Crippen molar-refractivity contribution < 1.29 is 17.9 Å². The number of thiazole rings is 1. The molecule has 3 rings (SSSR count). The number of nitrogens with one attached hydrogen (secondary N) is 2. The summed E-state index contributed by atoms with van der Waals surface area (Å²) in [6.45, 7) is 5.29. The van der Waals surface area contributed by atoms with E-state index in [1.165, 1.54) is 7.11 Å². The zero-order valence-electron chi connectivity index (χ0n) is 16.4. The number of ether oxygens (including phenoxy) is 1. The van der Waals surface area contributed by atoms with Crippen molar-refractivity contribution in [3.63, 3.8) is 0 Å². The van der Waals surface area contributed by atoms with Gasteiger partial charge in [0.15, 0.2) is 5.13 Å². The van der Waals surface area contributed by atoms with Crippen LogP contribution in [0.1, 0.15) is 26.5 Å². The predicted octanol–water partition coefficient (Wildman–Crippen LogP) is 4.13. The van der Waals surface area contributed by atoms with E-state index in [9.17, 15) is 13.2 Å². The van der Waals surface area contributed by atoms with Gasteiger partial charge in [-0.05, 0) is 44.5 Å². The van der Waals surface area contributed by atoms with E-state index < -0.39 is 10.0 Å². The number of rotatable bonds is 6. The number of amides is 1. The second-order valence-electron chi connectivity index (χ2n) is 6.46. The van der Waals surface area contributed by atoms with E-state index in [1.807, 2.05) is 6.92 Å². The van der Waals surface area contributed by atoms with Gasteiger partial charge in [-0.2, -0.15) is 0 Å². The molecule has 1 heterocycles. The monoisotopic (exact) mass is 431 g/mol. The number of carbonyl (C=O) groups is 1. The molecule has 29 heavy (non-hydrogen) atoms. The largest absolute Gasteiger partial charge is 0.495 e. The van der Waals surface area contributed by atoms with E-state index in [0.717, 1.165) is 16.9 Å². The Kier molecular flexibility index (Phi) is 5.90. The molecule has 0 atom stereocenters. The second kappa shape index (κ2) is 8.22. The summed E-state index contributed by atoms with van der Waals surface area (Å²) in [6, 6.07) is 12.1. The van der Waals surface area contributed by atoms with Crippen molar-refractivity contribution >= 4 is 38.1 Å². The molecule has 9 heteroatoms. The molecule has 0 unspecified atom stereocenters. The van der Waals surface area contributed by atoms with Crippen LogP contribution in [0.3, 0.4) is 0 Å². The molecule has 7 nitrogen and oxygen atoms in total.